The Morgan fingerprint density at radius 3 is 1.85 bits per heavy atom. The molecule has 0 aliphatic rings. The Morgan fingerprint density at radius 1 is 0.425 bits per heavy atom. The topological polar surface area (TPSA) is 3.24 Å². The Morgan fingerprint density at radius 2 is 1.05 bits per heavy atom. The summed E-state index contributed by atoms with van der Waals surface area (Å²) in [5, 5.41) is 7.72. The summed E-state index contributed by atoms with van der Waals surface area (Å²) in [4.78, 5) is 2.44. The summed E-state index contributed by atoms with van der Waals surface area (Å²) >= 11 is 1.90. The first-order valence-electron chi connectivity index (χ1n) is 13.6. The first-order valence-corrected chi connectivity index (χ1v) is 14.4. The second-order valence-corrected chi connectivity index (χ2v) is 11.2. The lowest BCUT2D eigenvalue weighted by atomic mass is 9.99. The maximum atomic E-state index is 2.44. The molecule has 0 aliphatic heterocycles. The molecule has 0 saturated carbocycles. The van der Waals surface area contributed by atoms with E-state index in [1.807, 2.05) is 11.3 Å². The van der Waals surface area contributed by atoms with Crippen LogP contribution in [0.15, 0.2) is 152 Å². The fourth-order valence-electron chi connectivity index (χ4n) is 5.96. The Labute approximate surface area is 237 Å². The Hall–Kier alpha value is -4.92. The van der Waals surface area contributed by atoms with Gasteiger partial charge in [0.25, 0.3) is 0 Å². The molecule has 0 unspecified atom stereocenters. The molecule has 0 bridgehead atoms. The normalized spacial score (nSPS) is 11.5. The number of thiophene rings is 1. The fraction of sp³-hybridized carbons (Fsp3) is 0. The van der Waals surface area contributed by atoms with E-state index in [9.17, 15) is 0 Å². The van der Waals surface area contributed by atoms with E-state index >= 15 is 0 Å². The third kappa shape index (κ3) is 3.69. The van der Waals surface area contributed by atoms with E-state index < -0.39 is 0 Å². The zero-order valence-electron chi connectivity index (χ0n) is 21.8. The Kier molecular flexibility index (Phi) is 5.39. The molecule has 1 nitrogen and oxygen atoms in total. The predicted molar refractivity (Wildman–Crippen MR) is 174 cm³/mol. The van der Waals surface area contributed by atoms with E-state index in [0.717, 1.165) is 11.4 Å². The minimum Gasteiger partial charge on any atom is -0.309 e. The lowest BCUT2D eigenvalue weighted by Crippen LogP contribution is -2.11. The summed E-state index contributed by atoms with van der Waals surface area (Å²) in [6.07, 6.45) is 0. The fourth-order valence-corrected chi connectivity index (χ4v) is 7.22. The van der Waals surface area contributed by atoms with Gasteiger partial charge in [-0.25, -0.2) is 0 Å². The Balaban J connectivity index is 1.49. The molecule has 0 radical (unpaired) electrons. The van der Waals surface area contributed by atoms with Crippen molar-refractivity contribution in [1.82, 2.24) is 0 Å². The van der Waals surface area contributed by atoms with Gasteiger partial charge in [-0.3, -0.25) is 0 Å². The molecule has 188 valence electrons. The lowest BCUT2D eigenvalue weighted by molar-refractivity contribution is 1.30. The number of rotatable bonds is 4. The van der Waals surface area contributed by atoms with Crippen molar-refractivity contribution < 1.29 is 0 Å². The van der Waals surface area contributed by atoms with Crippen LogP contribution in [-0.2, 0) is 0 Å². The van der Waals surface area contributed by atoms with Crippen molar-refractivity contribution in [2.45, 2.75) is 0 Å². The third-order valence-electron chi connectivity index (χ3n) is 7.81. The first kappa shape index (κ1) is 23.0. The lowest BCUT2D eigenvalue weighted by Gasteiger charge is -2.29. The van der Waals surface area contributed by atoms with Crippen LogP contribution < -0.4 is 4.90 Å². The summed E-state index contributed by atoms with van der Waals surface area (Å²) < 4.78 is 2.67. The van der Waals surface area contributed by atoms with Gasteiger partial charge in [-0.05, 0) is 52.7 Å². The van der Waals surface area contributed by atoms with E-state index in [2.05, 4.69) is 157 Å². The highest BCUT2D eigenvalue weighted by Gasteiger charge is 2.21. The molecule has 40 heavy (non-hydrogen) atoms. The largest absolute Gasteiger partial charge is 0.309 e. The molecule has 0 atom stereocenters. The quantitative estimate of drug-likeness (QED) is 0.220. The van der Waals surface area contributed by atoms with E-state index in [1.165, 1.54) is 58.5 Å². The van der Waals surface area contributed by atoms with Gasteiger partial charge in [0.1, 0.15) is 0 Å². The van der Waals surface area contributed by atoms with E-state index in [1.54, 1.807) is 0 Å². The van der Waals surface area contributed by atoms with Crippen LogP contribution in [0.3, 0.4) is 0 Å². The number of hydrogen-bond donors (Lipinski definition) is 0. The smallest absolute Gasteiger partial charge is 0.0547 e. The summed E-state index contributed by atoms with van der Waals surface area (Å²) in [6.45, 7) is 0. The van der Waals surface area contributed by atoms with Crippen molar-refractivity contribution in [2.75, 3.05) is 4.90 Å². The molecule has 0 spiro atoms. The molecule has 2 heteroatoms. The second kappa shape index (κ2) is 9.37. The summed E-state index contributed by atoms with van der Waals surface area (Å²) in [7, 11) is 0. The SMILES string of the molecule is c1ccc(-c2ccccc2N(c2ccccc2)c2cc3c4cc5ccccc5cc4sc3c3ccccc23)cc1. The van der Waals surface area contributed by atoms with Crippen molar-refractivity contribution in [3.8, 4) is 11.1 Å². The first-order chi connectivity index (χ1) is 19.8. The van der Waals surface area contributed by atoms with Crippen LogP contribution in [0.4, 0.5) is 17.1 Å². The zero-order chi connectivity index (χ0) is 26.5. The second-order valence-electron chi connectivity index (χ2n) is 10.2. The molecule has 8 aromatic rings. The average molecular weight is 528 g/mol. The Bertz CT molecular complexity index is 2160. The minimum absolute atomic E-state index is 1.14. The van der Waals surface area contributed by atoms with E-state index in [-0.39, 0.29) is 0 Å². The van der Waals surface area contributed by atoms with Crippen molar-refractivity contribution in [2.24, 2.45) is 0 Å². The zero-order valence-corrected chi connectivity index (χ0v) is 22.6. The van der Waals surface area contributed by atoms with Gasteiger partial charge in [-0.2, -0.15) is 0 Å². The van der Waals surface area contributed by atoms with Gasteiger partial charge in [0.2, 0.25) is 0 Å². The summed E-state index contributed by atoms with van der Waals surface area (Å²) in [5.74, 6) is 0. The van der Waals surface area contributed by atoms with Crippen LogP contribution in [0.5, 0.6) is 0 Å². The van der Waals surface area contributed by atoms with Crippen molar-refractivity contribution >= 4 is 70.1 Å². The molecule has 0 amide bonds. The molecular formula is C38H25NS. The summed E-state index contributed by atoms with van der Waals surface area (Å²) in [6, 6.07) is 54.9. The molecule has 8 rings (SSSR count). The number of fused-ring (bicyclic) bond motifs is 6. The number of hydrogen-bond acceptors (Lipinski definition) is 2. The molecule has 0 saturated heterocycles. The third-order valence-corrected chi connectivity index (χ3v) is 9.01. The van der Waals surface area contributed by atoms with Crippen molar-refractivity contribution in [3.63, 3.8) is 0 Å². The van der Waals surface area contributed by atoms with Crippen LogP contribution in [0.25, 0.3) is 52.8 Å². The number of anilines is 3. The van der Waals surface area contributed by atoms with Crippen LogP contribution in [-0.4, -0.2) is 0 Å². The van der Waals surface area contributed by atoms with Crippen LogP contribution in [0.1, 0.15) is 0 Å². The number of benzene rings is 7. The average Bonchev–Trinajstić information content (AvgIpc) is 3.39. The number of nitrogens with zero attached hydrogens (tertiary/aromatic N) is 1. The molecule has 7 aromatic carbocycles. The highest BCUT2D eigenvalue weighted by molar-refractivity contribution is 7.26. The molecular weight excluding hydrogens is 502 g/mol. The molecule has 1 heterocycles. The van der Waals surface area contributed by atoms with Gasteiger partial charge in [0.05, 0.1) is 11.4 Å². The standard InChI is InChI=1S/C38H25NS/c1-3-13-26(14-4-1)30-19-11-12-22-35(30)39(29-17-5-2-6-18-29)36-25-34-33-23-27-15-7-8-16-28(27)24-37(33)40-38(34)32-21-10-9-20-31(32)36/h1-25H. The van der Waals surface area contributed by atoms with Gasteiger partial charge in [0.15, 0.2) is 0 Å². The highest BCUT2D eigenvalue weighted by Crippen LogP contribution is 2.48. The van der Waals surface area contributed by atoms with Crippen molar-refractivity contribution in [3.05, 3.63) is 152 Å². The van der Waals surface area contributed by atoms with Gasteiger partial charge in [0, 0.05) is 42.2 Å². The minimum atomic E-state index is 1.14. The predicted octanol–water partition coefficient (Wildman–Crippen LogP) is 11.5. The van der Waals surface area contributed by atoms with E-state index in [4.69, 9.17) is 0 Å². The monoisotopic (exact) mass is 527 g/mol. The molecule has 1 aromatic heterocycles. The van der Waals surface area contributed by atoms with E-state index in [0.29, 0.717) is 0 Å². The number of para-hydroxylation sites is 2. The maximum Gasteiger partial charge on any atom is 0.0547 e. The van der Waals surface area contributed by atoms with Gasteiger partial charge in [-0.15, -0.1) is 11.3 Å². The maximum absolute atomic E-state index is 2.44. The van der Waals surface area contributed by atoms with Crippen LogP contribution >= 0.6 is 11.3 Å². The molecule has 0 aliphatic carbocycles. The van der Waals surface area contributed by atoms with Crippen molar-refractivity contribution in [1.29, 1.82) is 0 Å². The van der Waals surface area contributed by atoms with Gasteiger partial charge >= 0.3 is 0 Å². The van der Waals surface area contributed by atoms with Gasteiger partial charge < -0.3 is 4.90 Å². The molecule has 0 N–H and O–H groups in total. The van der Waals surface area contributed by atoms with Crippen LogP contribution in [0, 0.1) is 0 Å². The molecule has 0 fully saturated rings. The highest BCUT2D eigenvalue weighted by atomic mass is 32.1. The summed E-state index contributed by atoms with van der Waals surface area (Å²) in [5.41, 5.74) is 5.90. The van der Waals surface area contributed by atoms with Gasteiger partial charge in [-0.1, -0.05) is 115 Å². The van der Waals surface area contributed by atoms with Crippen LogP contribution in [0.2, 0.25) is 0 Å².